The van der Waals surface area contributed by atoms with Crippen LogP contribution in [0.1, 0.15) is 12.7 Å². The first kappa shape index (κ1) is 11.4. The number of hydrogen-bond donors (Lipinski definition) is 2. The minimum atomic E-state index is -0.988. The average molecular weight is 233 g/mol. The molecule has 0 aromatic carbocycles. The molecular formula is C7H11N3O2S2. The number of nitrogens with two attached hydrogens (primary N) is 1. The van der Waals surface area contributed by atoms with Gasteiger partial charge in [-0.05, 0) is 11.5 Å². The van der Waals surface area contributed by atoms with Crippen LogP contribution in [0, 0.1) is 0 Å². The lowest BCUT2D eigenvalue weighted by Gasteiger charge is -2.02. The van der Waals surface area contributed by atoms with Crippen molar-refractivity contribution in [3.63, 3.8) is 0 Å². The first-order valence-electron chi connectivity index (χ1n) is 4.07. The van der Waals surface area contributed by atoms with Crippen molar-refractivity contribution in [2.75, 3.05) is 5.75 Å². The van der Waals surface area contributed by atoms with Crippen LogP contribution in [0.4, 0.5) is 0 Å². The van der Waals surface area contributed by atoms with Crippen molar-refractivity contribution in [1.82, 2.24) is 9.36 Å². The summed E-state index contributed by atoms with van der Waals surface area (Å²) in [6.45, 7) is 1.97. The van der Waals surface area contributed by atoms with E-state index in [1.54, 1.807) is 0 Å². The molecule has 0 aliphatic rings. The molecular weight excluding hydrogens is 222 g/mol. The monoisotopic (exact) mass is 233 g/mol. The van der Waals surface area contributed by atoms with Gasteiger partial charge in [-0.2, -0.15) is 4.37 Å². The number of aliphatic carboxylic acids is 1. The van der Waals surface area contributed by atoms with Gasteiger partial charge >= 0.3 is 5.97 Å². The van der Waals surface area contributed by atoms with Gasteiger partial charge in [0.25, 0.3) is 0 Å². The van der Waals surface area contributed by atoms with Gasteiger partial charge in [0.15, 0.2) is 4.34 Å². The van der Waals surface area contributed by atoms with Crippen LogP contribution in [0.15, 0.2) is 4.34 Å². The molecule has 7 heteroatoms. The highest BCUT2D eigenvalue weighted by molar-refractivity contribution is 8.01. The van der Waals surface area contributed by atoms with Crippen LogP contribution in [0.25, 0.3) is 0 Å². The third-order valence-corrected chi connectivity index (χ3v) is 3.46. The Hall–Kier alpha value is -0.660. The molecule has 5 nitrogen and oxygen atoms in total. The molecule has 0 saturated carbocycles. The second-order valence-electron chi connectivity index (χ2n) is 2.59. The minimum absolute atomic E-state index is 0.327. The van der Waals surface area contributed by atoms with E-state index >= 15 is 0 Å². The van der Waals surface area contributed by atoms with Crippen LogP contribution in [-0.2, 0) is 11.2 Å². The number of aromatic nitrogens is 2. The third-order valence-electron chi connectivity index (χ3n) is 1.47. The molecule has 14 heavy (non-hydrogen) atoms. The maximum Gasteiger partial charge on any atom is 0.321 e. The number of carbonyl (C=O) groups is 1. The Morgan fingerprint density at radius 3 is 3.00 bits per heavy atom. The Bertz CT molecular complexity index is 316. The van der Waals surface area contributed by atoms with Crippen LogP contribution < -0.4 is 5.73 Å². The molecule has 3 N–H and O–H groups in total. The van der Waals surface area contributed by atoms with E-state index in [0.717, 1.165) is 16.6 Å². The fourth-order valence-corrected chi connectivity index (χ4v) is 2.33. The average Bonchev–Trinajstić information content (AvgIpc) is 2.61. The molecule has 0 radical (unpaired) electrons. The maximum atomic E-state index is 10.4. The fraction of sp³-hybridized carbons (Fsp3) is 0.571. The van der Waals surface area contributed by atoms with Crippen LogP contribution in [0.2, 0.25) is 0 Å². The van der Waals surface area contributed by atoms with Crippen molar-refractivity contribution < 1.29 is 9.90 Å². The van der Waals surface area contributed by atoms with Gasteiger partial charge < -0.3 is 10.8 Å². The summed E-state index contributed by atoms with van der Waals surface area (Å²) in [4.78, 5) is 14.6. The quantitative estimate of drug-likeness (QED) is 0.724. The zero-order chi connectivity index (χ0) is 10.6. The topological polar surface area (TPSA) is 89.1 Å². The molecule has 0 aliphatic heterocycles. The van der Waals surface area contributed by atoms with Crippen molar-refractivity contribution in [1.29, 1.82) is 0 Å². The lowest BCUT2D eigenvalue weighted by atomic mass is 10.4. The summed E-state index contributed by atoms with van der Waals surface area (Å²) in [7, 11) is 0. The van der Waals surface area contributed by atoms with Gasteiger partial charge in [0, 0.05) is 12.2 Å². The highest BCUT2D eigenvalue weighted by atomic mass is 32.2. The molecule has 0 fully saturated rings. The lowest BCUT2D eigenvalue weighted by molar-refractivity contribution is -0.137. The number of thioether (sulfide) groups is 1. The number of rotatable bonds is 5. The van der Waals surface area contributed by atoms with Gasteiger partial charge in [-0.1, -0.05) is 18.7 Å². The molecule has 1 atom stereocenters. The summed E-state index contributed by atoms with van der Waals surface area (Å²) in [6.07, 6.45) is 0.794. The van der Waals surface area contributed by atoms with E-state index in [1.807, 2.05) is 6.92 Å². The van der Waals surface area contributed by atoms with Gasteiger partial charge in [-0.25, -0.2) is 4.98 Å². The van der Waals surface area contributed by atoms with Crippen molar-refractivity contribution in [2.24, 2.45) is 5.73 Å². The van der Waals surface area contributed by atoms with E-state index in [0.29, 0.717) is 5.75 Å². The molecule has 0 spiro atoms. The Kier molecular flexibility index (Phi) is 4.30. The van der Waals surface area contributed by atoms with Crippen LogP contribution in [0.3, 0.4) is 0 Å². The minimum Gasteiger partial charge on any atom is -0.480 e. The normalized spacial score (nSPS) is 12.7. The van der Waals surface area contributed by atoms with Crippen molar-refractivity contribution in [3.05, 3.63) is 5.82 Å². The maximum absolute atomic E-state index is 10.4. The summed E-state index contributed by atoms with van der Waals surface area (Å²) in [6, 6.07) is -0.839. The Labute approximate surface area is 89.9 Å². The lowest BCUT2D eigenvalue weighted by Crippen LogP contribution is -2.32. The second-order valence-corrected chi connectivity index (χ2v) is 4.60. The number of nitrogens with zero attached hydrogens (tertiary/aromatic N) is 2. The Morgan fingerprint density at radius 1 is 1.79 bits per heavy atom. The van der Waals surface area contributed by atoms with E-state index in [1.165, 1.54) is 23.3 Å². The molecule has 1 aromatic rings. The molecule has 0 aliphatic carbocycles. The Balaban J connectivity index is 2.41. The number of carboxylic acids is 1. The van der Waals surface area contributed by atoms with Gasteiger partial charge in [0.05, 0.1) is 0 Å². The molecule has 0 amide bonds. The first-order valence-corrected chi connectivity index (χ1v) is 5.83. The molecule has 1 rings (SSSR count). The van der Waals surface area contributed by atoms with Gasteiger partial charge in [0.1, 0.15) is 11.9 Å². The van der Waals surface area contributed by atoms with Crippen molar-refractivity contribution >= 4 is 29.3 Å². The Morgan fingerprint density at radius 2 is 2.50 bits per heavy atom. The van der Waals surface area contributed by atoms with E-state index < -0.39 is 12.0 Å². The van der Waals surface area contributed by atoms with Gasteiger partial charge in [-0.15, -0.1) is 0 Å². The number of hydrogen-bond acceptors (Lipinski definition) is 6. The smallest absolute Gasteiger partial charge is 0.321 e. The summed E-state index contributed by atoms with van der Waals surface area (Å²) in [5, 5.41) is 8.54. The van der Waals surface area contributed by atoms with Crippen molar-refractivity contribution in [3.8, 4) is 0 Å². The first-order chi connectivity index (χ1) is 6.63. The molecule has 1 heterocycles. The summed E-state index contributed by atoms with van der Waals surface area (Å²) in [5.41, 5.74) is 5.34. The fourth-order valence-electron chi connectivity index (χ4n) is 0.673. The number of aryl methyl sites for hydroxylation is 1. The van der Waals surface area contributed by atoms with Crippen LogP contribution >= 0.6 is 23.3 Å². The van der Waals surface area contributed by atoms with Crippen LogP contribution in [0.5, 0.6) is 0 Å². The molecule has 1 unspecified atom stereocenters. The highest BCUT2D eigenvalue weighted by Gasteiger charge is 2.13. The molecule has 0 bridgehead atoms. The van der Waals surface area contributed by atoms with E-state index in [4.69, 9.17) is 10.8 Å². The van der Waals surface area contributed by atoms with E-state index in [9.17, 15) is 4.79 Å². The molecule has 0 saturated heterocycles. The van der Waals surface area contributed by atoms with Gasteiger partial charge in [0.2, 0.25) is 0 Å². The van der Waals surface area contributed by atoms with E-state index in [-0.39, 0.29) is 0 Å². The standard InChI is InChI=1S/C7H11N3O2S2/c1-2-5-9-7(14-10-5)13-3-4(8)6(11)12/h4H,2-3,8H2,1H3,(H,11,12). The zero-order valence-corrected chi connectivity index (χ0v) is 9.27. The van der Waals surface area contributed by atoms with E-state index in [2.05, 4.69) is 9.36 Å². The van der Waals surface area contributed by atoms with Gasteiger partial charge in [-0.3, -0.25) is 4.79 Å². The SMILES string of the molecule is CCc1nsc(SCC(N)C(=O)O)n1. The largest absolute Gasteiger partial charge is 0.480 e. The van der Waals surface area contributed by atoms with Crippen molar-refractivity contribution in [2.45, 2.75) is 23.7 Å². The summed E-state index contributed by atoms with van der Waals surface area (Å²) in [5.74, 6) is 0.132. The number of carboxylic acid groups (broad SMARTS) is 1. The summed E-state index contributed by atoms with van der Waals surface area (Å²) < 4.78 is 4.86. The molecule has 1 aromatic heterocycles. The third kappa shape index (κ3) is 3.24. The highest BCUT2D eigenvalue weighted by Crippen LogP contribution is 2.20. The predicted octanol–water partition coefficient (Wildman–Crippen LogP) is 0.605. The summed E-state index contributed by atoms with van der Waals surface area (Å²) >= 11 is 2.61. The predicted molar refractivity (Wildman–Crippen MR) is 55.6 cm³/mol. The molecule has 78 valence electrons. The zero-order valence-electron chi connectivity index (χ0n) is 7.64. The van der Waals surface area contributed by atoms with Crippen LogP contribution in [-0.4, -0.2) is 32.2 Å². The second kappa shape index (κ2) is 5.28.